The fourth-order valence-electron chi connectivity index (χ4n) is 1.57. The van der Waals surface area contributed by atoms with E-state index in [0.29, 0.717) is 12.2 Å². The van der Waals surface area contributed by atoms with Crippen LogP contribution in [0.4, 0.5) is 5.69 Å². The Kier molecular flexibility index (Phi) is 3.91. The minimum atomic E-state index is -0.0207. The Balaban J connectivity index is 2.19. The van der Waals surface area contributed by atoms with Gasteiger partial charge in [0.15, 0.2) is 5.69 Å². The molecule has 0 fully saturated rings. The third-order valence-electron chi connectivity index (χ3n) is 2.44. The molecule has 2 aromatic rings. The molecule has 0 amide bonds. The summed E-state index contributed by atoms with van der Waals surface area (Å²) in [5, 5.41) is 21.6. The van der Waals surface area contributed by atoms with Gasteiger partial charge in [0.2, 0.25) is 11.0 Å². The van der Waals surface area contributed by atoms with Crippen molar-refractivity contribution >= 4 is 33.9 Å². The predicted molar refractivity (Wildman–Crippen MR) is 79.9 cm³/mol. The highest BCUT2D eigenvalue weighted by molar-refractivity contribution is 7.80. The summed E-state index contributed by atoms with van der Waals surface area (Å²) in [5.41, 5.74) is 2.14. The summed E-state index contributed by atoms with van der Waals surface area (Å²) in [6.45, 7) is 6.19. The van der Waals surface area contributed by atoms with E-state index in [1.807, 2.05) is 31.2 Å². The van der Waals surface area contributed by atoms with Crippen LogP contribution in [0.1, 0.15) is 6.92 Å². The Labute approximate surface area is 116 Å². The highest BCUT2D eigenvalue weighted by Gasteiger charge is 2.09. The van der Waals surface area contributed by atoms with Crippen molar-refractivity contribution in [3.63, 3.8) is 0 Å². The van der Waals surface area contributed by atoms with E-state index >= 15 is 0 Å². The zero-order valence-corrected chi connectivity index (χ0v) is 11.3. The average Bonchev–Trinajstić information content (AvgIpc) is 2.69. The van der Waals surface area contributed by atoms with Gasteiger partial charge < -0.3 is 15.4 Å². The van der Waals surface area contributed by atoms with Crippen molar-refractivity contribution in [2.24, 2.45) is 10.2 Å². The molecule has 0 aliphatic carbocycles. The molecule has 1 aromatic heterocycles. The van der Waals surface area contributed by atoms with Crippen LogP contribution in [0.15, 0.2) is 46.6 Å². The highest BCUT2D eigenvalue weighted by Crippen LogP contribution is 2.35. The molecule has 0 unspecified atom stereocenters. The molecule has 5 nitrogen and oxygen atoms in total. The maximum atomic E-state index is 9.78. The summed E-state index contributed by atoms with van der Waals surface area (Å²) in [7, 11) is 0. The number of rotatable bonds is 3. The second-order valence-corrected chi connectivity index (χ2v) is 4.57. The SMILES string of the molecule is C=C(C)CNC(=S)N=Nc1c(O)[nH]c2ccccc12. The van der Waals surface area contributed by atoms with Gasteiger partial charge in [-0.3, -0.25) is 0 Å². The molecule has 0 saturated heterocycles. The van der Waals surface area contributed by atoms with Crippen molar-refractivity contribution in [1.29, 1.82) is 0 Å². The molecule has 0 aliphatic heterocycles. The fourth-order valence-corrected chi connectivity index (χ4v) is 1.68. The van der Waals surface area contributed by atoms with E-state index in [1.54, 1.807) is 0 Å². The van der Waals surface area contributed by atoms with Gasteiger partial charge in [-0.1, -0.05) is 30.4 Å². The van der Waals surface area contributed by atoms with Crippen LogP contribution in [0.5, 0.6) is 5.88 Å². The lowest BCUT2D eigenvalue weighted by Gasteiger charge is -2.00. The largest absolute Gasteiger partial charge is 0.493 e. The number of thiocarbonyl (C=S) groups is 1. The Morgan fingerprint density at radius 2 is 2.21 bits per heavy atom. The van der Waals surface area contributed by atoms with Gasteiger partial charge in [0.05, 0.1) is 5.52 Å². The number of aromatic nitrogens is 1. The van der Waals surface area contributed by atoms with Gasteiger partial charge in [-0.2, -0.15) is 0 Å². The van der Waals surface area contributed by atoms with E-state index in [4.69, 9.17) is 12.2 Å². The first kappa shape index (κ1) is 13.2. The van der Waals surface area contributed by atoms with Crippen LogP contribution in [-0.2, 0) is 0 Å². The normalized spacial score (nSPS) is 11.0. The second kappa shape index (κ2) is 5.62. The molecule has 3 N–H and O–H groups in total. The predicted octanol–water partition coefficient (Wildman–Crippen LogP) is 3.41. The first-order valence-corrected chi connectivity index (χ1v) is 6.12. The fraction of sp³-hybridized carbons (Fsp3) is 0.154. The number of nitrogens with one attached hydrogen (secondary N) is 2. The van der Waals surface area contributed by atoms with E-state index in [2.05, 4.69) is 27.1 Å². The molecule has 0 radical (unpaired) electrons. The molecule has 2 rings (SSSR count). The van der Waals surface area contributed by atoms with Crippen LogP contribution in [0.2, 0.25) is 0 Å². The number of benzene rings is 1. The quantitative estimate of drug-likeness (QED) is 0.456. The van der Waals surface area contributed by atoms with Crippen molar-refractivity contribution in [2.75, 3.05) is 6.54 Å². The maximum Gasteiger partial charge on any atom is 0.218 e. The third kappa shape index (κ3) is 3.17. The molecule has 98 valence electrons. The van der Waals surface area contributed by atoms with Crippen LogP contribution in [-0.4, -0.2) is 21.7 Å². The van der Waals surface area contributed by atoms with Crippen LogP contribution >= 0.6 is 12.2 Å². The molecule has 0 atom stereocenters. The summed E-state index contributed by atoms with van der Waals surface area (Å²) in [6, 6.07) is 7.44. The molecule has 0 spiro atoms. The lowest BCUT2D eigenvalue weighted by molar-refractivity contribution is 0.459. The molecule has 0 bridgehead atoms. The minimum Gasteiger partial charge on any atom is -0.493 e. The van der Waals surface area contributed by atoms with Gasteiger partial charge in [0, 0.05) is 11.9 Å². The van der Waals surface area contributed by atoms with Gasteiger partial charge >= 0.3 is 0 Å². The number of hydrogen-bond donors (Lipinski definition) is 3. The summed E-state index contributed by atoms with van der Waals surface area (Å²) in [4.78, 5) is 2.83. The highest BCUT2D eigenvalue weighted by atomic mass is 32.1. The lowest BCUT2D eigenvalue weighted by atomic mass is 10.2. The number of azo groups is 1. The first-order chi connectivity index (χ1) is 9.08. The molecule has 6 heteroatoms. The van der Waals surface area contributed by atoms with Gasteiger partial charge in [0.1, 0.15) is 0 Å². The lowest BCUT2D eigenvalue weighted by Crippen LogP contribution is -2.20. The number of H-pyrrole nitrogens is 1. The zero-order chi connectivity index (χ0) is 13.8. The summed E-state index contributed by atoms with van der Waals surface area (Å²) in [5.74, 6) is -0.0207. The summed E-state index contributed by atoms with van der Waals surface area (Å²) in [6.07, 6.45) is 0. The molecule has 0 aliphatic rings. The van der Waals surface area contributed by atoms with Crippen LogP contribution < -0.4 is 5.32 Å². The van der Waals surface area contributed by atoms with E-state index in [9.17, 15) is 5.11 Å². The number of fused-ring (bicyclic) bond motifs is 1. The molecule has 1 aromatic carbocycles. The number of nitrogens with zero attached hydrogens (tertiary/aromatic N) is 2. The topological polar surface area (TPSA) is 72.8 Å². The van der Waals surface area contributed by atoms with Crippen LogP contribution in [0.25, 0.3) is 10.9 Å². The van der Waals surface area contributed by atoms with E-state index < -0.39 is 0 Å². The molecule has 0 saturated carbocycles. The average molecular weight is 274 g/mol. The number of para-hydroxylation sites is 1. The van der Waals surface area contributed by atoms with Crippen molar-refractivity contribution in [2.45, 2.75) is 6.92 Å². The smallest absolute Gasteiger partial charge is 0.218 e. The third-order valence-corrected chi connectivity index (χ3v) is 2.67. The number of hydrogen-bond acceptors (Lipinski definition) is 3. The van der Waals surface area contributed by atoms with Gasteiger partial charge in [-0.25, -0.2) is 0 Å². The number of aromatic hydroxyl groups is 1. The zero-order valence-electron chi connectivity index (χ0n) is 10.5. The molecular formula is C13H14N4OS. The summed E-state index contributed by atoms with van der Waals surface area (Å²) < 4.78 is 0. The second-order valence-electron chi connectivity index (χ2n) is 4.18. The first-order valence-electron chi connectivity index (χ1n) is 5.71. The molecule has 19 heavy (non-hydrogen) atoms. The Morgan fingerprint density at radius 3 is 2.95 bits per heavy atom. The Bertz CT molecular complexity index is 660. The Hall–Kier alpha value is -2.21. The van der Waals surface area contributed by atoms with Crippen molar-refractivity contribution in [3.8, 4) is 5.88 Å². The Morgan fingerprint density at radius 1 is 1.47 bits per heavy atom. The summed E-state index contributed by atoms with van der Waals surface area (Å²) >= 11 is 5.01. The monoisotopic (exact) mass is 274 g/mol. The van der Waals surface area contributed by atoms with Crippen LogP contribution in [0, 0.1) is 0 Å². The van der Waals surface area contributed by atoms with Crippen molar-refractivity contribution in [3.05, 3.63) is 36.4 Å². The number of aromatic amines is 1. The maximum absolute atomic E-state index is 9.78. The molecule has 1 heterocycles. The standard InChI is InChI=1S/C13H14N4OS/c1-8(2)7-14-13(19)17-16-11-9-5-3-4-6-10(9)15-12(11)18/h3-6,15,18H,1,7H2,2H3,(H,14,19). The minimum absolute atomic E-state index is 0.0207. The van der Waals surface area contributed by atoms with Crippen LogP contribution in [0.3, 0.4) is 0 Å². The van der Waals surface area contributed by atoms with Gasteiger partial charge in [-0.15, -0.1) is 10.2 Å². The van der Waals surface area contributed by atoms with E-state index in [0.717, 1.165) is 16.5 Å². The van der Waals surface area contributed by atoms with Gasteiger partial charge in [0.25, 0.3) is 0 Å². The van der Waals surface area contributed by atoms with E-state index in [-0.39, 0.29) is 11.0 Å². The van der Waals surface area contributed by atoms with Crippen molar-refractivity contribution in [1.82, 2.24) is 10.3 Å². The van der Waals surface area contributed by atoms with E-state index in [1.165, 1.54) is 0 Å². The van der Waals surface area contributed by atoms with Gasteiger partial charge in [-0.05, 0) is 25.2 Å². The molecular weight excluding hydrogens is 260 g/mol. The van der Waals surface area contributed by atoms with Crippen molar-refractivity contribution < 1.29 is 5.11 Å².